The zero-order valence-corrected chi connectivity index (χ0v) is 11.5. The molecule has 1 fully saturated rings. The van der Waals surface area contributed by atoms with Crippen molar-refractivity contribution in [3.8, 4) is 0 Å². The van der Waals surface area contributed by atoms with Gasteiger partial charge in [-0.2, -0.15) is 0 Å². The van der Waals surface area contributed by atoms with E-state index in [2.05, 4.69) is 34.0 Å². The Morgan fingerprint density at radius 1 is 1.63 bits per heavy atom. The first-order chi connectivity index (χ1) is 9.10. The second-order valence-electron chi connectivity index (χ2n) is 5.18. The average molecular weight is 263 g/mol. The van der Waals surface area contributed by atoms with Gasteiger partial charge in [0.25, 0.3) is 0 Å². The summed E-state index contributed by atoms with van der Waals surface area (Å²) in [5.41, 5.74) is 7.20. The quantitative estimate of drug-likeness (QED) is 0.354. The van der Waals surface area contributed by atoms with Gasteiger partial charge in [0, 0.05) is 31.9 Å². The minimum absolute atomic E-state index is 0.0504. The molecule has 6 nitrogen and oxygen atoms in total. The summed E-state index contributed by atoms with van der Waals surface area (Å²) < 4.78 is 0. The van der Waals surface area contributed by atoms with Gasteiger partial charge in [0.1, 0.15) is 5.69 Å². The van der Waals surface area contributed by atoms with Crippen molar-refractivity contribution in [3.63, 3.8) is 0 Å². The highest BCUT2D eigenvalue weighted by atomic mass is 16.4. The Balaban J connectivity index is 2.00. The fourth-order valence-electron chi connectivity index (χ4n) is 2.40. The Hall–Kier alpha value is -1.66. The number of hydrogen-bond acceptors (Lipinski definition) is 5. The first-order valence-electron chi connectivity index (χ1n) is 6.41. The number of hydrogen-bond donors (Lipinski definition) is 2. The van der Waals surface area contributed by atoms with Crippen molar-refractivity contribution >= 4 is 5.84 Å². The summed E-state index contributed by atoms with van der Waals surface area (Å²) in [5, 5.41) is 11.6. The molecule has 1 aliphatic heterocycles. The molecule has 0 radical (unpaired) electrons. The molecule has 104 valence electrons. The van der Waals surface area contributed by atoms with E-state index in [4.69, 9.17) is 10.9 Å². The Labute approximate surface area is 113 Å². The Morgan fingerprint density at radius 2 is 2.42 bits per heavy atom. The van der Waals surface area contributed by atoms with Gasteiger partial charge in [-0.1, -0.05) is 5.16 Å². The van der Waals surface area contributed by atoms with Gasteiger partial charge in [0.15, 0.2) is 5.84 Å². The fourth-order valence-corrected chi connectivity index (χ4v) is 2.40. The van der Waals surface area contributed by atoms with Gasteiger partial charge >= 0.3 is 0 Å². The van der Waals surface area contributed by atoms with Crippen LogP contribution in [0.4, 0.5) is 0 Å². The molecular weight excluding hydrogens is 242 g/mol. The van der Waals surface area contributed by atoms with Crippen LogP contribution in [0.5, 0.6) is 0 Å². The molecule has 1 aliphatic rings. The van der Waals surface area contributed by atoms with Gasteiger partial charge in [-0.05, 0) is 38.2 Å². The molecule has 1 saturated heterocycles. The summed E-state index contributed by atoms with van der Waals surface area (Å²) in [6.45, 7) is 3.05. The van der Waals surface area contributed by atoms with Gasteiger partial charge in [-0.3, -0.25) is 9.88 Å². The van der Waals surface area contributed by atoms with Crippen LogP contribution in [0.15, 0.2) is 23.5 Å². The van der Waals surface area contributed by atoms with Gasteiger partial charge in [-0.25, -0.2) is 0 Å². The van der Waals surface area contributed by atoms with Crippen LogP contribution in [-0.4, -0.2) is 59.1 Å². The highest BCUT2D eigenvalue weighted by Crippen LogP contribution is 2.16. The van der Waals surface area contributed by atoms with Crippen molar-refractivity contribution < 1.29 is 5.21 Å². The molecule has 0 bridgehead atoms. The van der Waals surface area contributed by atoms with Crippen molar-refractivity contribution in [1.29, 1.82) is 0 Å². The number of likely N-dealkylation sites (tertiary alicyclic amines) is 1. The summed E-state index contributed by atoms with van der Waals surface area (Å²) in [7, 11) is 4.24. The van der Waals surface area contributed by atoms with Crippen LogP contribution in [0, 0.1) is 0 Å². The van der Waals surface area contributed by atoms with Crippen molar-refractivity contribution in [1.82, 2.24) is 14.8 Å². The molecule has 1 unspecified atom stereocenters. The van der Waals surface area contributed by atoms with Gasteiger partial charge in [0.2, 0.25) is 0 Å². The third-order valence-electron chi connectivity index (χ3n) is 3.58. The molecule has 6 heteroatoms. The van der Waals surface area contributed by atoms with Crippen LogP contribution < -0.4 is 5.73 Å². The molecule has 19 heavy (non-hydrogen) atoms. The molecular formula is C13H21N5O. The fraction of sp³-hybridized carbons (Fsp3) is 0.538. The highest BCUT2D eigenvalue weighted by molar-refractivity contribution is 5.95. The van der Waals surface area contributed by atoms with Crippen LogP contribution in [0.3, 0.4) is 0 Å². The number of pyridine rings is 1. The molecule has 1 aromatic rings. The van der Waals surface area contributed by atoms with Gasteiger partial charge < -0.3 is 15.8 Å². The molecule has 3 N–H and O–H groups in total. The van der Waals surface area contributed by atoms with Crippen LogP contribution in [0.1, 0.15) is 17.7 Å². The Kier molecular flexibility index (Phi) is 4.34. The van der Waals surface area contributed by atoms with Crippen molar-refractivity contribution in [2.45, 2.75) is 19.0 Å². The van der Waals surface area contributed by atoms with Crippen LogP contribution in [-0.2, 0) is 6.54 Å². The van der Waals surface area contributed by atoms with Gasteiger partial charge in [-0.15, -0.1) is 0 Å². The van der Waals surface area contributed by atoms with E-state index in [0.29, 0.717) is 11.7 Å². The molecule has 2 heterocycles. The van der Waals surface area contributed by atoms with E-state index in [1.54, 1.807) is 6.20 Å². The predicted molar refractivity (Wildman–Crippen MR) is 74.1 cm³/mol. The van der Waals surface area contributed by atoms with Gasteiger partial charge in [0.05, 0.1) is 0 Å². The first kappa shape index (κ1) is 13.8. The average Bonchev–Trinajstić information content (AvgIpc) is 2.87. The van der Waals surface area contributed by atoms with Crippen LogP contribution >= 0.6 is 0 Å². The lowest BCUT2D eigenvalue weighted by Gasteiger charge is -2.20. The van der Waals surface area contributed by atoms with E-state index in [-0.39, 0.29) is 5.84 Å². The molecule has 1 aromatic heterocycles. The molecule has 1 atom stereocenters. The number of likely N-dealkylation sites (N-methyl/N-ethyl adjacent to an activating group) is 1. The van der Waals surface area contributed by atoms with E-state index < -0.39 is 0 Å². The second-order valence-corrected chi connectivity index (χ2v) is 5.18. The maximum absolute atomic E-state index is 8.67. The zero-order chi connectivity index (χ0) is 13.8. The molecule has 0 aromatic carbocycles. The summed E-state index contributed by atoms with van der Waals surface area (Å²) in [6, 6.07) is 4.47. The normalized spacial score (nSPS) is 21.2. The third kappa shape index (κ3) is 3.42. The maximum Gasteiger partial charge on any atom is 0.188 e. The minimum Gasteiger partial charge on any atom is -0.409 e. The zero-order valence-electron chi connectivity index (χ0n) is 11.5. The van der Waals surface area contributed by atoms with Crippen molar-refractivity contribution in [3.05, 3.63) is 29.6 Å². The number of rotatable bonds is 4. The van der Waals surface area contributed by atoms with E-state index in [9.17, 15) is 0 Å². The monoisotopic (exact) mass is 263 g/mol. The van der Waals surface area contributed by atoms with Crippen molar-refractivity contribution in [2.75, 3.05) is 27.2 Å². The molecule has 2 rings (SSSR count). The number of nitrogens with two attached hydrogens (primary N) is 1. The Morgan fingerprint density at radius 3 is 3.05 bits per heavy atom. The number of amidine groups is 1. The predicted octanol–water partition coefficient (Wildman–Crippen LogP) is 0.312. The lowest BCUT2D eigenvalue weighted by Crippen LogP contribution is -2.31. The summed E-state index contributed by atoms with van der Waals surface area (Å²) in [4.78, 5) is 8.77. The number of nitrogens with zero attached hydrogens (tertiary/aromatic N) is 4. The molecule has 0 spiro atoms. The summed E-state index contributed by atoms with van der Waals surface area (Å²) in [5.74, 6) is 0.0504. The third-order valence-corrected chi connectivity index (χ3v) is 3.58. The molecule has 0 amide bonds. The second kappa shape index (κ2) is 5.99. The first-order valence-corrected chi connectivity index (χ1v) is 6.41. The lowest BCUT2D eigenvalue weighted by molar-refractivity contribution is 0.264. The van der Waals surface area contributed by atoms with E-state index in [1.165, 1.54) is 6.42 Å². The van der Waals surface area contributed by atoms with Crippen molar-refractivity contribution in [2.24, 2.45) is 10.9 Å². The minimum atomic E-state index is 0.0504. The van der Waals surface area contributed by atoms with Crippen LogP contribution in [0.2, 0.25) is 0 Å². The SMILES string of the molecule is CN(C)C1CCN(Cc2ccnc(C(N)=NO)c2)C1. The van der Waals surface area contributed by atoms with E-state index >= 15 is 0 Å². The number of oxime groups is 1. The smallest absolute Gasteiger partial charge is 0.188 e. The van der Waals surface area contributed by atoms with E-state index in [0.717, 1.165) is 25.2 Å². The molecule has 0 aliphatic carbocycles. The lowest BCUT2D eigenvalue weighted by atomic mass is 10.2. The standard InChI is InChI=1S/C13H21N5O/c1-17(2)11-4-6-18(9-11)8-10-3-5-15-12(7-10)13(14)16-19/h3,5,7,11,19H,4,6,8-9H2,1-2H3,(H2,14,16). The Bertz CT molecular complexity index is 460. The molecule has 0 saturated carbocycles. The van der Waals surface area contributed by atoms with E-state index in [1.807, 2.05) is 12.1 Å². The maximum atomic E-state index is 8.67. The summed E-state index contributed by atoms with van der Waals surface area (Å²) in [6.07, 6.45) is 2.90. The topological polar surface area (TPSA) is 78.0 Å². The highest BCUT2D eigenvalue weighted by Gasteiger charge is 2.23. The number of aromatic nitrogens is 1. The largest absolute Gasteiger partial charge is 0.409 e. The summed E-state index contributed by atoms with van der Waals surface area (Å²) >= 11 is 0. The van der Waals surface area contributed by atoms with Crippen LogP contribution in [0.25, 0.3) is 0 Å².